The smallest absolute Gasteiger partial charge is 0.130 e. The number of rotatable bonds is 3. The third-order valence-electron chi connectivity index (χ3n) is 3.61. The normalized spacial score (nSPS) is 10.8. The van der Waals surface area contributed by atoms with E-state index in [2.05, 4.69) is 48.4 Å². The molecule has 3 rings (SSSR count). The van der Waals surface area contributed by atoms with Crippen LogP contribution in [0.25, 0.3) is 11.3 Å². The van der Waals surface area contributed by atoms with Crippen LogP contribution < -0.4 is 0 Å². The molecule has 0 atom stereocenters. The molecular formula is C18H17ClN2. The third kappa shape index (κ3) is 2.86. The molecule has 0 unspecified atom stereocenters. The van der Waals surface area contributed by atoms with E-state index in [1.807, 2.05) is 29.8 Å². The van der Waals surface area contributed by atoms with Crippen molar-refractivity contribution >= 4 is 11.6 Å². The zero-order chi connectivity index (χ0) is 14.8. The summed E-state index contributed by atoms with van der Waals surface area (Å²) in [6, 6.07) is 18.6. The quantitative estimate of drug-likeness (QED) is 0.674. The topological polar surface area (TPSA) is 17.8 Å². The highest BCUT2D eigenvalue weighted by Crippen LogP contribution is 2.28. The summed E-state index contributed by atoms with van der Waals surface area (Å²) >= 11 is 6.45. The summed E-state index contributed by atoms with van der Waals surface area (Å²) in [6.07, 6.45) is 0. The summed E-state index contributed by atoms with van der Waals surface area (Å²) in [5, 5.41) is 5.39. The van der Waals surface area contributed by atoms with Gasteiger partial charge in [0.05, 0.1) is 12.2 Å². The van der Waals surface area contributed by atoms with Crippen LogP contribution in [0.2, 0.25) is 5.15 Å². The molecule has 2 aromatic carbocycles. The van der Waals surface area contributed by atoms with Gasteiger partial charge in [-0.1, -0.05) is 71.8 Å². The van der Waals surface area contributed by atoms with Crippen molar-refractivity contribution in [3.8, 4) is 11.3 Å². The molecule has 0 bridgehead atoms. The van der Waals surface area contributed by atoms with E-state index in [1.165, 1.54) is 11.1 Å². The molecule has 0 saturated heterocycles. The van der Waals surface area contributed by atoms with Crippen LogP contribution in [-0.2, 0) is 6.54 Å². The Labute approximate surface area is 130 Å². The molecule has 0 spiro atoms. The standard InChI is InChI=1S/C18H17ClN2/c1-13-8-10-15(11-9-13)12-21-18(19)14(2)17(20-21)16-6-4-3-5-7-16/h3-11H,12H2,1-2H3. The number of benzene rings is 2. The van der Waals surface area contributed by atoms with E-state index < -0.39 is 0 Å². The highest BCUT2D eigenvalue weighted by molar-refractivity contribution is 6.30. The van der Waals surface area contributed by atoms with E-state index in [0.29, 0.717) is 11.7 Å². The molecule has 0 amide bonds. The van der Waals surface area contributed by atoms with Gasteiger partial charge >= 0.3 is 0 Å². The molecule has 106 valence electrons. The number of aryl methyl sites for hydroxylation is 1. The Bertz CT molecular complexity index is 743. The highest BCUT2D eigenvalue weighted by Gasteiger charge is 2.14. The molecule has 1 aromatic heterocycles. The van der Waals surface area contributed by atoms with Crippen LogP contribution in [0.4, 0.5) is 0 Å². The summed E-state index contributed by atoms with van der Waals surface area (Å²) < 4.78 is 1.86. The summed E-state index contributed by atoms with van der Waals surface area (Å²) in [7, 11) is 0. The first-order valence-corrected chi connectivity index (χ1v) is 7.37. The fraction of sp³-hybridized carbons (Fsp3) is 0.167. The van der Waals surface area contributed by atoms with E-state index in [4.69, 9.17) is 11.6 Å². The van der Waals surface area contributed by atoms with Crippen molar-refractivity contribution in [3.05, 3.63) is 76.4 Å². The van der Waals surface area contributed by atoms with Gasteiger partial charge in [-0.3, -0.25) is 0 Å². The van der Waals surface area contributed by atoms with Crippen LogP contribution in [0, 0.1) is 13.8 Å². The fourth-order valence-electron chi connectivity index (χ4n) is 2.37. The average molecular weight is 297 g/mol. The minimum atomic E-state index is 0.687. The van der Waals surface area contributed by atoms with Gasteiger partial charge in [-0.15, -0.1) is 0 Å². The van der Waals surface area contributed by atoms with Gasteiger partial charge in [-0.2, -0.15) is 5.10 Å². The monoisotopic (exact) mass is 296 g/mol. The Kier molecular flexibility index (Phi) is 3.80. The van der Waals surface area contributed by atoms with Gasteiger partial charge in [-0.25, -0.2) is 4.68 Å². The molecular weight excluding hydrogens is 280 g/mol. The first kappa shape index (κ1) is 13.9. The van der Waals surface area contributed by atoms with E-state index in [-0.39, 0.29) is 0 Å². The molecule has 2 nitrogen and oxygen atoms in total. The van der Waals surface area contributed by atoms with Crippen LogP contribution >= 0.6 is 11.6 Å². The lowest BCUT2D eigenvalue weighted by Gasteiger charge is -2.04. The van der Waals surface area contributed by atoms with E-state index in [1.54, 1.807) is 0 Å². The summed E-state index contributed by atoms with van der Waals surface area (Å²) in [5.41, 5.74) is 5.53. The van der Waals surface area contributed by atoms with Crippen LogP contribution in [0.15, 0.2) is 54.6 Å². The maximum atomic E-state index is 6.45. The molecule has 3 aromatic rings. The molecule has 0 aliphatic carbocycles. The number of aromatic nitrogens is 2. The molecule has 0 aliphatic heterocycles. The molecule has 0 N–H and O–H groups in total. The fourth-order valence-corrected chi connectivity index (χ4v) is 2.56. The van der Waals surface area contributed by atoms with Gasteiger partial charge in [0.2, 0.25) is 0 Å². The first-order valence-electron chi connectivity index (χ1n) is 6.99. The SMILES string of the molecule is Cc1ccc(Cn2nc(-c3ccccc3)c(C)c2Cl)cc1. The predicted octanol–water partition coefficient (Wildman–Crippen LogP) is 4.87. The minimum absolute atomic E-state index is 0.687. The molecule has 1 heterocycles. The average Bonchev–Trinajstić information content (AvgIpc) is 2.79. The van der Waals surface area contributed by atoms with Gasteiger partial charge in [0.1, 0.15) is 5.15 Å². The molecule has 0 radical (unpaired) electrons. The van der Waals surface area contributed by atoms with Crippen molar-refractivity contribution < 1.29 is 0 Å². The van der Waals surface area contributed by atoms with Gasteiger partial charge in [-0.05, 0) is 19.4 Å². The Morgan fingerprint density at radius 1 is 0.952 bits per heavy atom. The lowest BCUT2D eigenvalue weighted by molar-refractivity contribution is 0.689. The third-order valence-corrected chi connectivity index (χ3v) is 4.09. The summed E-state index contributed by atoms with van der Waals surface area (Å²) in [6.45, 7) is 4.79. The summed E-state index contributed by atoms with van der Waals surface area (Å²) in [4.78, 5) is 0. The van der Waals surface area contributed by atoms with Crippen LogP contribution in [0.3, 0.4) is 0 Å². The number of hydrogen-bond donors (Lipinski definition) is 0. The van der Waals surface area contributed by atoms with Crippen LogP contribution in [0.5, 0.6) is 0 Å². The highest BCUT2D eigenvalue weighted by atomic mass is 35.5. The van der Waals surface area contributed by atoms with Crippen molar-refractivity contribution in [2.24, 2.45) is 0 Å². The van der Waals surface area contributed by atoms with Crippen molar-refractivity contribution in [2.75, 3.05) is 0 Å². The second-order valence-corrected chi connectivity index (χ2v) is 5.63. The maximum absolute atomic E-state index is 6.45. The van der Waals surface area contributed by atoms with Gasteiger partial charge in [0.15, 0.2) is 0 Å². The lowest BCUT2D eigenvalue weighted by Crippen LogP contribution is -2.02. The van der Waals surface area contributed by atoms with Gasteiger partial charge in [0.25, 0.3) is 0 Å². The Balaban J connectivity index is 1.95. The van der Waals surface area contributed by atoms with Crippen molar-refractivity contribution in [3.63, 3.8) is 0 Å². The Morgan fingerprint density at radius 2 is 1.62 bits per heavy atom. The summed E-state index contributed by atoms with van der Waals surface area (Å²) in [5.74, 6) is 0. The van der Waals surface area contributed by atoms with Gasteiger partial charge < -0.3 is 0 Å². The van der Waals surface area contributed by atoms with Crippen molar-refractivity contribution in [2.45, 2.75) is 20.4 Å². The zero-order valence-electron chi connectivity index (χ0n) is 12.2. The van der Waals surface area contributed by atoms with Crippen molar-refractivity contribution in [1.29, 1.82) is 0 Å². The van der Waals surface area contributed by atoms with Crippen LogP contribution in [0.1, 0.15) is 16.7 Å². The molecule has 0 saturated carbocycles. The van der Waals surface area contributed by atoms with Gasteiger partial charge in [0, 0.05) is 11.1 Å². The molecule has 3 heteroatoms. The van der Waals surface area contributed by atoms with E-state index >= 15 is 0 Å². The maximum Gasteiger partial charge on any atom is 0.130 e. The Morgan fingerprint density at radius 3 is 2.29 bits per heavy atom. The molecule has 0 fully saturated rings. The second kappa shape index (κ2) is 5.74. The van der Waals surface area contributed by atoms with Crippen LogP contribution in [-0.4, -0.2) is 9.78 Å². The zero-order valence-corrected chi connectivity index (χ0v) is 12.9. The van der Waals surface area contributed by atoms with E-state index in [0.717, 1.165) is 16.8 Å². The number of halogens is 1. The van der Waals surface area contributed by atoms with E-state index in [9.17, 15) is 0 Å². The van der Waals surface area contributed by atoms with Crippen molar-refractivity contribution in [1.82, 2.24) is 9.78 Å². The number of nitrogens with zero attached hydrogens (tertiary/aromatic N) is 2. The lowest BCUT2D eigenvalue weighted by atomic mass is 10.1. The molecule has 0 aliphatic rings. The predicted molar refractivity (Wildman–Crippen MR) is 87.7 cm³/mol. The largest absolute Gasteiger partial charge is 0.249 e. The second-order valence-electron chi connectivity index (χ2n) is 5.27. The minimum Gasteiger partial charge on any atom is -0.249 e. The Hall–Kier alpha value is -2.06. The first-order chi connectivity index (χ1) is 10.1. The molecule has 21 heavy (non-hydrogen) atoms. The number of hydrogen-bond acceptors (Lipinski definition) is 1.